The average Bonchev–Trinajstić information content (AvgIpc) is 3.10. The first-order valence-electron chi connectivity index (χ1n) is 9.21. The summed E-state index contributed by atoms with van der Waals surface area (Å²) in [6, 6.07) is 0.291. The molecule has 1 atom stereocenters. The maximum atomic E-state index is 12.0. The molecule has 136 valence electrons. The number of carbonyl (C=O) groups is 1. The Labute approximate surface area is 144 Å². The molecule has 1 unspecified atom stereocenters. The van der Waals surface area contributed by atoms with Crippen molar-refractivity contribution in [1.82, 2.24) is 25.2 Å². The van der Waals surface area contributed by atoms with E-state index < -0.39 is 0 Å². The molecule has 1 aliphatic rings. The lowest BCUT2D eigenvalue weighted by molar-refractivity contribution is 0.0946. The SMILES string of the molecule is CCC(CC)CN1CCCC(n2cc(C(=O)NCCCO)nn2)C1. The number of rotatable bonds is 9. The summed E-state index contributed by atoms with van der Waals surface area (Å²) in [6.45, 7) is 8.31. The second-order valence-corrected chi connectivity index (χ2v) is 6.66. The topological polar surface area (TPSA) is 83.3 Å². The van der Waals surface area contributed by atoms with Crippen LogP contribution in [0.4, 0.5) is 0 Å². The van der Waals surface area contributed by atoms with Crippen molar-refractivity contribution in [3.05, 3.63) is 11.9 Å². The van der Waals surface area contributed by atoms with Gasteiger partial charge < -0.3 is 15.3 Å². The number of aromatic nitrogens is 3. The van der Waals surface area contributed by atoms with Crippen LogP contribution in [0.5, 0.6) is 0 Å². The fourth-order valence-corrected chi connectivity index (χ4v) is 3.26. The molecule has 2 heterocycles. The van der Waals surface area contributed by atoms with E-state index in [-0.39, 0.29) is 12.5 Å². The van der Waals surface area contributed by atoms with Crippen LogP contribution in [0.3, 0.4) is 0 Å². The van der Waals surface area contributed by atoms with Crippen molar-refractivity contribution in [1.29, 1.82) is 0 Å². The Morgan fingerprint density at radius 2 is 2.25 bits per heavy atom. The molecule has 1 aliphatic heterocycles. The number of hydrogen-bond acceptors (Lipinski definition) is 5. The average molecular weight is 337 g/mol. The molecule has 1 fully saturated rings. The zero-order chi connectivity index (χ0) is 17.4. The van der Waals surface area contributed by atoms with E-state index in [9.17, 15) is 4.79 Å². The molecule has 0 aromatic carbocycles. The summed E-state index contributed by atoms with van der Waals surface area (Å²) in [6.07, 6.45) is 6.97. The molecular weight excluding hydrogens is 306 g/mol. The van der Waals surface area contributed by atoms with Crippen LogP contribution < -0.4 is 5.32 Å². The molecule has 1 aromatic heterocycles. The van der Waals surface area contributed by atoms with E-state index in [2.05, 4.69) is 34.4 Å². The van der Waals surface area contributed by atoms with Crippen LogP contribution in [-0.2, 0) is 0 Å². The highest BCUT2D eigenvalue weighted by atomic mass is 16.3. The Balaban J connectivity index is 1.90. The molecule has 0 bridgehead atoms. The molecule has 24 heavy (non-hydrogen) atoms. The third-order valence-electron chi connectivity index (χ3n) is 4.89. The normalized spacial score (nSPS) is 18.9. The standard InChI is InChI=1S/C17H31N5O2/c1-3-14(4-2)11-21-9-5-7-15(12-21)22-13-16(19-20-22)17(24)18-8-6-10-23/h13-15,23H,3-12H2,1-2H3,(H,18,24). The van der Waals surface area contributed by atoms with Gasteiger partial charge in [0.25, 0.3) is 5.91 Å². The summed E-state index contributed by atoms with van der Waals surface area (Å²) in [7, 11) is 0. The van der Waals surface area contributed by atoms with Crippen molar-refractivity contribution in [2.75, 3.05) is 32.8 Å². The minimum absolute atomic E-state index is 0.0708. The number of aliphatic hydroxyl groups excluding tert-OH is 1. The fraction of sp³-hybridized carbons (Fsp3) is 0.824. The predicted molar refractivity (Wildman–Crippen MR) is 92.8 cm³/mol. The molecule has 0 saturated carbocycles. The first kappa shape index (κ1) is 18.9. The molecular formula is C17H31N5O2. The highest BCUT2D eigenvalue weighted by molar-refractivity contribution is 5.91. The van der Waals surface area contributed by atoms with Crippen molar-refractivity contribution < 1.29 is 9.90 Å². The molecule has 2 N–H and O–H groups in total. The third kappa shape index (κ3) is 5.27. The Bertz CT molecular complexity index is 501. The van der Waals surface area contributed by atoms with E-state index in [1.54, 1.807) is 6.20 Å². The molecule has 7 nitrogen and oxygen atoms in total. The van der Waals surface area contributed by atoms with Gasteiger partial charge in [-0.25, -0.2) is 4.68 Å². The van der Waals surface area contributed by atoms with Gasteiger partial charge in [-0.05, 0) is 31.7 Å². The predicted octanol–water partition coefficient (Wildman–Crippen LogP) is 1.46. The van der Waals surface area contributed by atoms with Crippen LogP contribution in [0.1, 0.15) is 62.5 Å². The summed E-state index contributed by atoms with van der Waals surface area (Å²) in [5, 5.41) is 19.7. The van der Waals surface area contributed by atoms with E-state index in [4.69, 9.17) is 5.11 Å². The first-order valence-corrected chi connectivity index (χ1v) is 9.21. The number of nitrogens with one attached hydrogen (secondary N) is 1. The lowest BCUT2D eigenvalue weighted by atomic mass is 10.00. The van der Waals surface area contributed by atoms with Crippen molar-refractivity contribution in [3.8, 4) is 0 Å². The molecule has 0 aliphatic carbocycles. The molecule has 2 rings (SSSR count). The van der Waals surface area contributed by atoms with Crippen LogP contribution >= 0.6 is 0 Å². The number of carbonyl (C=O) groups excluding carboxylic acids is 1. The summed E-state index contributed by atoms with van der Waals surface area (Å²) in [5.74, 6) is 0.534. The minimum Gasteiger partial charge on any atom is -0.396 e. The lowest BCUT2D eigenvalue weighted by Gasteiger charge is -2.34. The van der Waals surface area contributed by atoms with Gasteiger partial charge in [0, 0.05) is 26.2 Å². The van der Waals surface area contributed by atoms with Gasteiger partial charge in [0.1, 0.15) is 0 Å². The number of hydrogen-bond donors (Lipinski definition) is 2. The minimum atomic E-state index is -0.223. The monoisotopic (exact) mass is 337 g/mol. The largest absolute Gasteiger partial charge is 0.396 e. The summed E-state index contributed by atoms with van der Waals surface area (Å²) < 4.78 is 1.85. The van der Waals surface area contributed by atoms with Gasteiger partial charge in [0.05, 0.1) is 12.2 Å². The highest BCUT2D eigenvalue weighted by Crippen LogP contribution is 2.22. The molecule has 0 spiro atoms. The van der Waals surface area contributed by atoms with Gasteiger partial charge in [0.15, 0.2) is 5.69 Å². The van der Waals surface area contributed by atoms with Crippen molar-refractivity contribution in [2.45, 2.75) is 52.0 Å². The number of aliphatic hydroxyl groups is 1. The Morgan fingerprint density at radius 3 is 2.96 bits per heavy atom. The molecule has 1 amide bonds. The van der Waals surface area contributed by atoms with E-state index in [0.717, 1.165) is 38.4 Å². The van der Waals surface area contributed by atoms with Crippen molar-refractivity contribution in [2.24, 2.45) is 5.92 Å². The van der Waals surface area contributed by atoms with Gasteiger partial charge in [-0.2, -0.15) is 0 Å². The number of amides is 1. The smallest absolute Gasteiger partial charge is 0.273 e. The van der Waals surface area contributed by atoms with Crippen molar-refractivity contribution >= 4 is 5.91 Å². The van der Waals surface area contributed by atoms with Gasteiger partial charge in [-0.15, -0.1) is 5.10 Å². The van der Waals surface area contributed by atoms with Gasteiger partial charge in [-0.1, -0.05) is 31.9 Å². The van der Waals surface area contributed by atoms with E-state index in [1.165, 1.54) is 12.8 Å². The molecule has 1 saturated heterocycles. The summed E-state index contributed by atoms with van der Waals surface area (Å²) in [4.78, 5) is 14.5. The van der Waals surface area contributed by atoms with Crippen LogP contribution in [0, 0.1) is 5.92 Å². The Morgan fingerprint density at radius 1 is 1.46 bits per heavy atom. The molecule has 7 heteroatoms. The van der Waals surface area contributed by atoms with Crippen molar-refractivity contribution in [3.63, 3.8) is 0 Å². The zero-order valence-corrected chi connectivity index (χ0v) is 14.9. The number of likely N-dealkylation sites (tertiary alicyclic amines) is 1. The summed E-state index contributed by atoms with van der Waals surface area (Å²) >= 11 is 0. The molecule has 0 radical (unpaired) electrons. The van der Waals surface area contributed by atoms with E-state index >= 15 is 0 Å². The van der Waals surface area contributed by atoms with Crippen LogP contribution in [-0.4, -0.2) is 63.7 Å². The van der Waals surface area contributed by atoms with Crippen LogP contribution in [0.25, 0.3) is 0 Å². The van der Waals surface area contributed by atoms with Crippen LogP contribution in [0.15, 0.2) is 6.20 Å². The number of nitrogens with zero attached hydrogens (tertiary/aromatic N) is 4. The van der Waals surface area contributed by atoms with E-state index in [0.29, 0.717) is 24.7 Å². The molecule has 1 aromatic rings. The maximum Gasteiger partial charge on any atom is 0.273 e. The summed E-state index contributed by atoms with van der Waals surface area (Å²) in [5.41, 5.74) is 0.352. The van der Waals surface area contributed by atoms with Gasteiger partial charge in [-0.3, -0.25) is 4.79 Å². The fourth-order valence-electron chi connectivity index (χ4n) is 3.26. The number of piperidine rings is 1. The van der Waals surface area contributed by atoms with Gasteiger partial charge in [0.2, 0.25) is 0 Å². The first-order chi connectivity index (χ1) is 11.7. The van der Waals surface area contributed by atoms with E-state index in [1.807, 2.05) is 4.68 Å². The second kappa shape index (κ2) is 9.74. The Hall–Kier alpha value is -1.47. The lowest BCUT2D eigenvalue weighted by Crippen LogP contribution is -2.39. The van der Waals surface area contributed by atoms with Gasteiger partial charge >= 0.3 is 0 Å². The highest BCUT2D eigenvalue weighted by Gasteiger charge is 2.24. The van der Waals surface area contributed by atoms with Crippen LogP contribution in [0.2, 0.25) is 0 Å². The quantitative estimate of drug-likeness (QED) is 0.667. The third-order valence-corrected chi connectivity index (χ3v) is 4.89. The maximum absolute atomic E-state index is 12.0. The Kier molecular flexibility index (Phi) is 7.65. The zero-order valence-electron chi connectivity index (χ0n) is 14.9. The second-order valence-electron chi connectivity index (χ2n) is 6.66.